The van der Waals surface area contributed by atoms with E-state index in [0.29, 0.717) is 24.1 Å². The molecule has 0 bridgehead atoms. The Kier molecular flexibility index (Phi) is 8.05. The first-order valence-electron chi connectivity index (χ1n) is 11.2. The van der Waals surface area contributed by atoms with E-state index in [1.807, 2.05) is 11.9 Å². The van der Waals surface area contributed by atoms with Crippen molar-refractivity contribution in [1.82, 2.24) is 14.7 Å². The average Bonchev–Trinajstić information content (AvgIpc) is 2.83. The minimum atomic E-state index is -1.40. The molecular formula is C26H32F3N3O2. The molecular weight excluding hydrogens is 443 g/mol. The van der Waals surface area contributed by atoms with E-state index in [-0.39, 0.29) is 12.1 Å². The van der Waals surface area contributed by atoms with Gasteiger partial charge in [-0.3, -0.25) is 0 Å². The molecule has 0 radical (unpaired) electrons. The summed E-state index contributed by atoms with van der Waals surface area (Å²) in [6.07, 6.45) is 0.835. The van der Waals surface area contributed by atoms with Crippen LogP contribution in [0.25, 0.3) is 5.57 Å². The molecule has 2 aromatic carbocycles. The van der Waals surface area contributed by atoms with Crippen molar-refractivity contribution >= 4 is 11.6 Å². The number of hydrogen-bond acceptors (Lipinski definition) is 3. The van der Waals surface area contributed by atoms with Crippen molar-refractivity contribution < 1.29 is 23.1 Å². The van der Waals surface area contributed by atoms with E-state index >= 15 is 0 Å². The molecule has 1 saturated heterocycles. The molecule has 1 aliphatic heterocycles. The molecule has 2 amide bonds. The van der Waals surface area contributed by atoms with Gasteiger partial charge in [-0.25, -0.2) is 18.0 Å². The van der Waals surface area contributed by atoms with Crippen LogP contribution in [0.5, 0.6) is 0 Å². The van der Waals surface area contributed by atoms with Crippen molar-refractivity contribution in [1.29, 1.82) is 0 Å². The molecule has 1 aliphatic rings. The number of urea groups is 1. The Morgan fingerprint density at radius 2 is 1.88 bits per heavy atom. The lowest BCUT2D eigenvalue weighted by Crippen LogP contribution is -2.58. The summed E-state index contributed by atoms with van der Waals surface area (Å²) in [6, 6.07) is 10.9. The van der Waals surface area contributed by atoms with Crippen molar-refractivity contribution in [2.45, 2.75) is 31.1 Å². The lowest BCUT2D eigenvalue weighted by atomic mass is 9.85. The number of rotatable bonds is 6. The molecule has 5 nitrogen and oxygen atoms in total. The van der Waals surface area contributed by atoms with Crippen molar-refractivity contribution in [2.75, 3.05) is 40.8 Å². The number of amides is 2. The van der Waals surface area contributed by atoms with Crippen LogP contribution in [0.1, 0.15) is 24.5 Å². The number of halogens is 3. The average molecular weight is 476 g/mol. The van der Waals surface area contributed by atoms with Gasteiger partial charge in [-0.2, -0.15) is 0 Å². The molecule has 2 aromatic rings. The van der Waals surface area contributed by atoms with E-state index in [0.717, 1.165) is 18.2 Å². The van der Waals surface area contributed by atoms with Crippen molar-refractivity contribution in [3.8, 4) is 0 Å². The lowest BCUT2D eigenvalue weighted by Gasteiger charge is -2.44. The second kappa shape index (κ2) is 10.6. The van der Waals surface area contributed by atoms with Gasteiger partial charge in [0.15, 0.2) is 0 Å². The van der Waals surface area contributed by atoms with E-state index in [9.17, 15) is 23.1 Å². The Morgan fingerprint density at radius 3 is 2.50 bits per heavy atom. The summed E-state index contributed by atoms with van der Waals surface area (Å²) in [5, 5.41) is 10.6. The lowest BCUT2D eigenvalue weighted by molar-refractivity contribution is 0.0420. The van der Waals surface area contributed by atoms with Crippen LogP contribution in [0.3, 0.4) is 0 Å². The predicted octanol–water partition coefficient (Wildman–Crippen LogP) is 4.28. The van der Waals surface area contributed by atoms with Gasteiger partial charge in [0.1, 0.15) is 23.3 Å². The van der Waals surface area contributed by atoms with Crippen LogP contribution in [-0.2, 0) is 5.54 Å². The number of carbonyl (C=O) groups is 1. The highest BCUT2D eigenvalue weighted by molar-refractivity contribution is 5.77. The second-order valence-corrected chi connectivity index (χ2v) is 8.99. The van der Waals surface area contributed by atoms with Crippen LogP contribution in [0.15, 0.2) is 54.6 Å². The van der Waals surface area contributed by atoms with Gasteiger partial charge >= 0.3 is 6.03 Å². The largest absolute Gasteiger partial charge is 0.393 e. The first kappa shape index (κ1) is 25.8. The van der Waals surface area contributed by atoms with Crippen LogP contribution >= 0.6 is 0 Å². The topological polar surface area (TPSA) is 47.0 Å². The summed E-state index contributed by atoms with van der Waals surface area (Å²) in [4.78, 5) is 18.2. The first-order valence-corrected chi connectivity index (χ1v) is 11.2. The molecule has 3 rings (SSSR count). The van der Waals surface area contributed by atoms with Gasteiger partial charge < -0.3 is 19.8 Å². The molecule has 0 unspecified atom stereocenters. The fourth-order valence-corrected chi connectivity index (χ4v) is 4.61. The van der Waals surface area contributed by atoms with Gasteiger partial charge in [-0.1, -0.05) is 30.3 Å². The van der Waals surface area contributed by atoms with Gasteiger partial charge in [-0.05, 0) is 55.8 Å². The third-order valence-electron chi connectivity index (χ3n) is 6.72. The normalized spacial score (nSPS) is 21.1. The molecule has 184 valence electrons. The maximum atomic E-state index is 14.8. The number of aliphatic hydroxyl groups excluding tert-OH is 1. The SMILES string of the molecule is C/C(=C\[C@@](CO)(c1ccccc1)N(C)C(=O)N(C)[C@H]1CCN(C)C[C@@H]1F)c1cc(F)ccc1F. The number of aliphatic hydroxyl groups is 1. The molecule has 8 heteroatoms. The van der Waals surface area contributed by atoms with Crippen LogP contribution in [0.2, 0.25) is 0 Å². The highest BCUT2D eigenvalue weighted by Gasteiger charge is 2.41. The van der Waals surface area contributed by atoms with Gasteiger partial charge in [0.2, 0.25) is 0 Å². The highest BCUT2D eigenvalue weighted by atomic mass is 19.1. The smallest absolute Gasteiger partial charge is 0.320 e. The zero-order valence-electron chi connectivity index (χ0n) is 20.0. The number of carbonyl (C=O) groups excluding carboxylic acids is 1. The fraction of sp³-hybridized carbons (Fsp3) is 0.423. The number of nitrogens with zero attached hydrogens (tertiary/aromatic N) is 3. The fourth-order valence-electron chi connectivity index (χ4n) is 4.61. The zero-order valence-corrected chi connectivity index (χ0v) is 20.0. The third-order valence-corrected chi connectivity index (χ3v) is 6.72. The number of likely N-dealkylation sites (tertiary alicyclic amines) is 1. The molecule has 3 atom stereocenters. The second-order valence-electron chi connectivity index (χ2n) is 8.99. The maximum Gasteiger partial charge on any atom is 0.320 e. The summed E-state index contributed by atoms with van der Waals surface area (Å²) in [5.41, 5.74) is -0.438. The molecule has 1 heterocycles. The predicted molar refractivity (Wildman–Crippen MR) is 127 cm³/mol. The van der Waals surface area contributed by atoms with Crippen molar-refractivity contribution in [3.05, 3.63) is 77.4 Å². The van der Waals surface area contributed by atoms with E-state index in [2.05, 4.69) is 0 Å². The first-order chi connectivity index (χ1) is 16.1. The summed E-state index contributed by atoms with van der Waals surface area (Å²) in [7, 11) is 4.91. The Hall–Kier alpha value is -2.84. The maximum absolute atomic E-state index is 14.8. The van der Waals surface area contributed by atoms with Crippen molar-refractivity contribution in [2.24, 2.45) is 0 Å². The summed E-state index contributed by atoms with van der Waals surface area (Å²) >= 11 is 0. The number of allylic oxidation sites excluding steroid dienone is 1. The van der Waals surface area contributed by atoms with Gasteiger partial charge in [0.25, 0.3) is 0 Å². The Labute approximate surface area is 199 Å². The van der Waals surface area contributed by atoms with E-state index < -0.39 is 42.0 Å². The summed E-state index contributed by atoms with van der Waals surface area (Å²) < 4.78 is 43.2. The van der Waals surface area contributed by atoms with E-state index in [1.54, 1.807) is 50.4 Å². The Morgan fingerprint density at radius 1 is 1.21 bits per heavy atom. The highest BCUT2D eigenvalue weighted by Crippen LogP contribution is 2.34. The standard InChI is InChI=1S/C26H32F3N3O2/c1-18(21-14-20(27)10-11-22(21)28)15-26(17-33,19-8-6-5-7-9-19)32(4)25(34)31(3)24-12-13-30(2)16-23(24)29/h5-11,14-15,23-24,33H,12-13,16-17H2,1-4H3/b18-15+/t23-,24-,26+/m0/s1. The quantitative estimate of drug-likeness (QED) is 0.679. The van der Waals surface area contributed by atoms with Crippen LogP contribution in [0, 0.1) is 11.6 Å². The van der Waals surface area contributed by atoms with Crippen LogP contribution < -0.4 is 0 Å². The molecule has 34 heavy (non-hydrogen) atoms. The van der Waals surface area contributed by atoms with Gasteiger partial charge in [0, 0.05) is 32.7 Å². The third kappa shape index (κ3) is 5.13. The molecule has 0 saturated carbocycles. The molecule has 1 fully saturated rings. The Balaban J connectivity index is 2.05. The molecule has 0 spiro atoms. The minimum Gasteiger partial charge on any atom is -0.393 e. The number of hydrogen-bond donors (Lipinski definition) is 1. The van der Waals surface area contributed by atoms with E-state index in [1.165, 1.54) is 16.8 Å². The molecule has 1 N–H and O–H groups in total. The number of alkyl halides is 1. The van der Waals surface area contributed by atoms with Crippen LogP contribution in [-0.4, -0.2) is 78.9 Å². The number of benzene rings is 2. The molecule has 0 aromatic heterocycles. The Bertz CT molecular complexity index is 1030. The van der Waals surface area contributed by atoms with Crippen LogP contribution in [0.4, 0.5) is 18.0 Å². The summed E-state index contributed by atoms with van der Waals surface area (Å²) in [5.74, 6) is -1.22. The van der Waals surface area contributed by atoms with Gasteiger partial charge in [0.05, 0.1) is 12.6 Å². The molecule has 0 aliphatic carbocycles. The number of piperidine rings is 1. The monoisotopic (exact) mass is 475 g/mol. The van der Waals surface area contributed by atoms with Gasteiger partial charge in [-0.15, -0.1) is 0 Å². The zero-order chi connectivity index (χ0) is 25.0. The minimum absolute atomic E-state index is 0.0297. The van der Waals surface area contributed by atoms with E-state index in [4.69, 9.17) is 0 Å². The summed E-state index contributed by atoms with van der Waals surface area (Å²) in [6.45, 7) is 1.97. The van der Waals surface area contributed by atoms with Crippen molar-refractivity contribution in [3.63, 3.8) is 0 Å². The number of likely N-dealkylation sites (N-methyl/N-ethyl adjacent to an activating group) is 1.